The fourth-order valence-corrected chi connectivity index (χ4v) is 1.71. The summed E-state index contributed by atoms with van der Waals surface area (Å²) in [6, 6.07) is 7.39. The van der Waals surface area contributed by atoms with Gasteiger partial charge in [-0.1, -0.05) is 12.1 Å². The number of aliphatic hydroxyl groups is 1. The third-order valence-corrected chi connectivity index (χ3v) is 2.70. The molecule has 0 amide bonds. The number of hydrogen-bond acceptors (Lipinski definition) is 5. The molecule has 0 spiro atoms. The van der Waals surface area contributed by atoms with Gasteiger partial charge >= 0.3 is 0 Å². The van der Waals surface area contributed by atoms with Crippen LogP contribution in [0.4, 0.5) is 0 Å². The molecule has 2 rings (SSSR count). The minimum absolute atomic E-state index is 0.400. The van der Waals surface area contributed by atoms with Gasteiger partial charge in [-0.15, -0.1) is 0 Å². The maximum Gasteiger partial charge on any atom is 0.120 e. The number of aromatic nitrogens is 2. The first kappa shape index (κ1) is 13.5. The van der Waals surface area contributed by atoms with Gasteiger partial charge in [0.05, 0.1) is 6.10 Å². The van der Waals surface area contributed by atoms with E-state index in [0.29, 0.717) is 25.3 Å². The van der Waals surface area contributed by atoms with Gasteiger partial charge < -0.3 is 15.6 Å². The van der Waals surface area contributed by atoms with Crippen LogP contribution < -0.4 is 10.5 Å². The van der Waals surface area contributed by atoms with Crippen molar-refractivity contribution in [2.75, 3.05) is 6.54 Å². The lowest BCUT2D eigenvalue weighted by molar-refractivity contribution is 0.169. The number of aliphatic hydroxyl groups excluding tert-OH is 1. The van der Waals surface area contributed by atoms with E-state index in [4.69, 9.17) is 10.5 Å². The van der Waals surface area contributed by atoms with Gasteiger partial charge in [-0.05, 0) is 30.7 Å². The molecule has 2 aromatic rings. The topological polar surface area (TPSA) is 81.3 Å². The van der Waals surface area contributed by atoms with Gasteiger partial charge in [0.15, 0.2) is 0 Å². The second-order valence-electron chi connectivity index (χ2n) is 4.20. The van der Waals surface area contributed by atoms with Crippen molar-refractivity contribution in [3.05, 3.63) is 54.1 Å². The molecule has 0 saturated carbocycles. The van der Waals surface area contributed by atoms with Crippen LogP contribution in [0.15, 0.2) is 43.0 Å². The molecule has 0 radical (unpaired) electrons. The molecule has 19 heavy (non-hydrogen) atoms. The summed E-state index contributed by atoms with van der Waals surface area (Å²) in [5.41, 5.74) is 7.15. The Morgan fingerprint density at radius 2 is 2.05 bits per heavy atom. The number of nitrogens with two attached hydrogens (primary N) is 1. The number of ether oxygens (including phenoxy) is 1. The van der Waals surface area contributed by atoms with Crippen molar-refractivity contribution >= 4 is 0 Å². The highest BCUT2D eigenvalue weighted by molar-refractivity contribution is 5.30. The average Bonchev–Trinajstić information content (AvgIpc) is 2.47. The lowest BCUT2D eigenvalue weighted by Gasteiger charge is -2.12. The Labute approximate surface area is 112 Å². The minimum Gasteiger partial charge on any atom is -0.489 e. The predicted molar refractivity (Wildman–Crippen MR) is 71.4 cm³/mol. The zero-order valence-corrected chi connectivity index (χ0v) is 10.6. The molecule has 0 fully saturated rings. The standard InChI is InChI=1S/C14H17N3O2/c15-5-4-14(18)12-2-1-3-13(6-12)19-9-11-7-16-10-17-8-11/h1-3,6-8,10,14,18H,4-5,9,15H2/t14-/m1/s1. The quantitative estimate of drug-likeness (QED) is 0.820. The molecule has 5 nitrogen and oxygen atoms in total. The zero-order chi connectivity index (χ0) is 13.5. The maximum atomic E-state index is 9.87. The van der Waals surface area contributed by atoms with Crippen molar-refractivity contribution < 1.29 is 9.84 Å². The van der Waals surface area contributed by atoms with Gasteiger partial charge in [0.25, 0.3) is 0 Å². The first-order valence-electron chi connectivity index (χ1n) is 6.14. The van der Waals surface area contributed by atoms with Crippen molar-refractivity contribution in [1.29, 1.82) is 0 Å². The monoisotopic (exact) mass is 259 g/mol. The van der Waals surface area contributed by atoms with E-state index in [1.54, 1.807) is 12.4 Å². The first-order valence-corrected chi connectivity index (χ1v) is 6.14. The normalized spacial score (nSPS) is 12.1. The van der Waals surface area contributed by atoms with E-state index in [0.717, 1.165) is 11.1 Å². The summed E-state index contributed by atoms with van der Waals surface area (Å²) >= 11 is 0. The Bertz CT molecular complexity index is 505. The molecule has 1 atom stereocenters. The molecule has 3 N–H and O–H groups in total. The minimum atomic E-state index is -0.548. The highest BCUT2D eigenvalue weighted by Crippen LogP contribution is 2.21. The summed E-state index contributed by atoms with van der Waals surface area (Å²) in [5.74, 6) is 0.706. The second-order valence-corrected chi connectivity index (χ2v) is 4.20. The molecule has 100 valence electrons. The van der Waals surface area contributed by atoms with Gasteiger partial charge in [-0.25, -0.2) is 9.97 Å². The summed E-state index contributed by atoms with van der Waals surface area (Å²) in [7, 11) is 0. The van der Waals surface area contributed by atoms with Gasteiger partial charge in [0, 0.05) is 18.0 Å². The Morgan fingerprint density at radius 1 is 1.26 bits per heavy atom. The Hall–Kier alpha value is -1.98. The summed E-state index contributed by atoms with van der Waals surface area (Å²) in [6.45, 7) is 0.852. The summed E-state index contributed by atoms with van der Waals surface area (Å²) in [5, 5.41) is 9.87. The van der Waals surface area contributed by atoms with E-state index < -0.39 is 6.10 Å². The van der Waals surface area contributed by atoms with Crippen LogP contribution >= 0.6 is 0 Å². The van der Waals surface area contributed by atoms with Crippen LogP contribution in [0.3, 0.4) is 0 Å². The fourth-order valence-electron chi connectivity index (χ4n) is 1.71. The third-order valence-electron chi connectivity index (χ3n) is 2.70. The van der Waals surface area contributed by atoms with Crippen molar-refractivity contribution in [2.45, 2.75) is 19.1 Å². The Balaban J connectivity index is 1.99. The molecule has 1 aromatic heterocycles. The molecular formula is C14H17N3O2. The molecule has 0 aliphatic rings. The van der Waals surface area contributed by atoms with E-state index in [-0.39, 0.29) is 0 Å². The lowest BCUT2D eigenvalue weighted by Crippen LogP contribution is -2.06. The van der Waals surface area contributed by atoms with Gasteiger partial charge in [-0.2, -0.15) is 0 Å². The maximum absolute atomic E-state index is 9.87. The number of benzene rings is 1. The second kappa shape index (κ2) is 6.82. The Morgan fingerprint density at radius 3 is 2.79 bits per heavy atom. The van der Waals surface area contributed by atoms with E-state index in [1.165, 1.54) is 6.33 Å². The van der Waals surface area contributed by atoms with Crippen LogP contribution in [0.2, 0.25) is 0 Å². The molecule has 0 saturated heterocycles. The summed E-state index contributed by atoms with van der Waals surface area (Å²) in [4.78, 5) is 7.84. The van der Waals surface area contributed by atoms with Gasteiger partial charge in [-0.3, -0.25) is 0 Å². The highest BCUT2D eigenvalue weighted by atomic mass is 16.5. The molecule has 1 heterocycles. The smallest absolute Gasteiger partial charge is 0.120 e. The Kier molecular flexibility index (Phi) is 4.83. The molecule has 0 unspecified atom stereocenters. The largest absolute Gasteiger partial charge is 0.489 e. The summed E-state index contributed by atoms with van der Waals surface area (Å²) in [6.07, 6.45) is 4.89. The first-order chi connectivity index (χ1) is 9.29. The predicted octanol–water partition coefficient (Wildman–Crippen LogP) is 1.44. The molecule has 0 aliphatic carbocycles. The zero-order valence-electron chi connectivity index (χ0n) is 10.6. The van der Waals surface area contributed by atoms with Gasteiger partial charge in [0.1, 0.15) is 18.7 Å². The summed E-state index contributed by atoms with van der Waals surface area (Å²) < 4.78 is 5.64. The van der Waals surface area contributed by atoms with Crippen LogP contribution in [0, 0.1) is 0 Å². The molecule has 0 bridgehead atoms. The van der Waals surface area contributed by atoms with Crippen LogP contribution in [0.1, 0.15) is 23.7 Å². The SMILES string of the molecule is NCC[C@@H](O)c1cccc(OCc2cncnc2)c1. The van der Waals surface area contributed by atoms with Crippen molar-refractivity contribution in [3.8, 4) is 5.75 Å². The van der Waals surface area contributed by atoms with E-state index in [9.17, 15) is 5.11 Å². The van der Waals surface area contributed by atoms with Crippen molar-refractivity contribution in [2.24, 2.45) is 5.73 Å². The van der Waals surface area contributed by atoms with E-state index in [2.05, 4.69) is 9.97 Å². The molecule has 1 aromatic carbocycles. The average molecular weight is 259 g/mol. The third kappa shape index (κ3) is 4.01. The molecule has 0 aliphatic heterocycles. The van der Waals surface area contributed by atoms with E-state index >= 15 is 0 Å². The van der Waals surface area contributed by atoms with Crippen molar-refractivity contribution in [1.82, 2.24) is 9.97 Å². The van der Waals surface area contributed by atoms with Crippen LogP contribution in [-0.4, -0.2) is 21.6 Å². The lowest BCUT2D eigenvalue weighted by atomic mass is 10.1. The number of nitrogens with zero attached hydrogens (tertiary/aromatic N) is 2. The fraction of sp³-hybridized carbons (Fsp3) is 0.286. The highest BCUT2D eigenvalue weighted by Gasteiger charge is 2.07. The van der Waals surface area contributed by atoms with Crippen molar-refractivity contribution in [3.63, 3.8) is 0 Å². The molecular weight excluding hydrogens is 242 g/mol. The molecule has 5 heteroatoms. The van der Waals surface area contributed by atoms with Gasteiger partial charge in [0.2, 0.25) is 0 Å². The van der Waals surface area contributed by atoms with E-state index in [1.807, 2.05) is 24.3 Å². The van der Waals surface area contributed by atoms with Crippen LogP contribution in [0.25, 0.3) is 0 Å². The number of hydrogen-bond donors (Lipinski definition) is 2. The number of rotatable bonds is 6. The van der Waals surface area contributed by atoms with Crippen LogP contribution in [-0.2, 0) is 6.61 Å². The van der Waals surface area contributed by atoms with Crippen LogP contribution in [0.5, 0.6) is 5.75 Å².